The molecule has 4 heteroatoms. The van der Waals surface area contributed by atoms with Crippen LogP contribution in [0.25, 0.3) is 10.9 Å². The molecule has 1 aliphatic rings. The summed E-state index contributed by atoms with van der Waals surface area (Å²) in [5.74, 6) is 0. The molecule has 3 aromatic rings. The molecule has 0 aliphatic carbocycles. The van der Waals surface area contributed by atoms with Crippen LogP contribution in [0.4, 0.5) is 17.1 Å². The van der Waals surface area contributed by atoms with Gasteiger partial charge in [-0.2, -0.15) is 0 Å². The molecule has 3 nitrogen and oxygen atoms in total. The zero-order valence-corrected chi connectivity index (χ0v) is 16.3. The molecule has 26 heavy (non-hydrogen) atoms. The lowest BCUT2D eigenvalue weighted by atomic mass is 10.1. The van der Waals surface area contributed by atoms with E-state index in [1.54, 1.807) is 11.8 Å². The van der Waals surface area contributed by atoms with Gasteiger partial charge in [0.05, 0.1) is 5.52 Å². The summed E-state index contributed by atoms with van der Waals surface area (Å²) in [5.41, 5.74) is 5.63. The van der Waals surface area contributed by atoms with Crippen LogP contribution < -0.4 is 10.2 Å². The summed E-state index contributed by atoms with van der Waals surface area (Å²) in [7, 11) is 0. The first-order valence-electron chi connectivity index (χ1n) is 9.30. The van der Waals surface area contributed by atoms with Crippen molar-refractivity contribution in [1.29, 1.82) is 0 Å². The predicted molar refractivity (Wildman–Crippen MR) is 114 cm³/mol. The first-order chi connectivity index (χ1) is 12.7. The van der Waals surface area contributed by atoms with Crippen LogP contribution in [0.5, 0.6) is 0 Å². The normalized spacial score (nSPS) is 14.6. The van der Waals surface area contributed by atoms with Crippen LogP contribution in [0.15, 0.2) is 53.4 Å². The number of nitrogens with one attached hydrogen (secondary N) is 1. The highest BCUT2D eigenvalue weighted by Crippen LogP contribution is 2.30. The smallest absolute Gasteiger partial charge is 0.0726 e. The maximum absolute atomic E-state index is 4.67. The third-order valence-corrected chi connectivity index (χ3v) is 5.74. The minimum absolute atomic E-state index is 1.03. The fourth-order valence-electron chi connectivity index (χ4n) is 3.63. The second kappa shape index (κ2) is 7.58. The zero-order valence-electron chi connectivity index (χ0n) is 15.5. The Bertz CT molecular complexity index is 899. The molecule has 2 heterocycles. The molecule has 0 atom stereocenters. The van der Waals surface area contributed by atoms with Gasteiger partial charge in [0.15, 0.2) is 0 Å². The summed E-state index contributed by atoms with van der Waals surface area (Å²) < 4.78 is 0. The van der Waals surface area contributed by atoms with E-state index >= 15 is 0 Å². The molecule has 0 amide bonds. The topological polar surface area (TPSA) is 28.2 Å². The summed E-state index contributed by atoms with van der Waals surface area (Å²) in [5, 5.41) is 4.77. The summed E-state index contributed by atoms with van der Waals surface area (Å²) in [6.07, 6.45) is 6.08. The van der Waals surface area contributed by atoms with Crippen LogP contribution in [-0.4, -0.2) is 24.3 Å². The molecule has 2 aromatic carbocycles. The van der Waals surface area contributed by atoms with E-state index < -0.39 is 0 Å². The maximum atomic E-state index is 4.67. The van der Waals surface area contributed by atoms with Gasteiger partial charge < -0.3 is 10.2 Å². The molecule has 0 spiro atoms. The van der Waals surface area contributed by atoms with Crippen molar-refractivity contribution in [2.45, 2.75) is 31.1 Å². The van der Waals surface area contributed by atoms with Gasteiger partial charge in [0, 0.05) is 46.1 Å². The molecule has 1 aromatic heterocycles. The number of aromatic nitrogens is 1. The zero-order chi connectivity index (χ0) is 17.9. The lowest BCUT2D eigenvalue weighted by molar-refractivity contribution is 0.578. The molecule has 0 bridgehead atoms. The van der Waals surface area contributed by atoms with E-state index in [9.17, 15) is 0 Å². The summed E-state index contributed by atoms with van der Waals surface area (Å²) >= 11 is 1.76. The number of hydrogen-bond acceptors (Lipinski definition) is 4. The number of nitrogens with zero attached hydrogens (tertiary/aromatic N) is 2. The molecule has 4 rings (SSSR count). The van der Waals surface area contributed by atoms with E-state index in [0.29, 0.717) is 0 Å². The second-order valence-corrected chi connectivity index (χ2v) is 7.79. The van der Waals surface area contributed by atoms with E-state index in [4.69, 9.17) is 0 Å². The number of hydrogen-bond donors (Lipinski definition) is 1. The Morgan fingerprint density at radius 2 is 1.73 bits per heavy atom. The van der Waals surface area contributed by atoms with Gasteiger partial charge in [0.2, 0.25) is 0 Å². The van der Waals surface area contributed by atoms with E-state index in [0.717, 1.165) is 22.6 Å². The average molecular weight is 364 g/mol. The van der Waals surface area contributed by atoms with Crippen LogP contribution in [0.1, 0.15) is 25.0 Å². The molecule has 0 radical (unpaired) electrons. The molecule has 134 valence electrons. The number of aryl methyl sites for hydroxylation is 1. The van der Waals surface area contributed by atoms with Crippen LogP contribution in [0, 0.1) is 6.92 Å². The number of fused-ring (bicyclic) bond motifs is 1. The number of thioether (sulfide) groups is 1. The van der Waals surface area contributed by atoms with E-state index in [2.05, 4.69) is 70.0 Å². The van der Waals surface area contributed by atoms with Gasteiger partial charge in [-0.25, -0.2) is 0 Å². The van der Waals surface area contributed by atoms with Gasteiger partial charge in [0.1, 0.15) is 0 Å². The average Bonchev–Trinajstić information content (AvgIpc) is 2.69. The van der Waals surface area contributed by atoms with E-state index in [-0.39, 0.29) is 0 Å². The summed E-state index contributed by atoms with van der Waals surface area (Å²) in [6.45, 7) is 4.41. The molecule has 1 N–H and O–H groups in total. The largest absolute Gasteiger partial charge is 0.372 e. The molecule has 1 fully saturated rings. The number of piperidine rings is 1. The molecule has 0 unspecified atom stereocenters. The van der Waals surface area contributed by atoms with Crippen molar-refractivity contribution in [2.24, 2.45) is 0 Å². The predicted octanol–water partition coefficient (Wildman–Crippen LogP) is 6.00. The number of rotatable bonds is 4. The van der Waals surface area contributed by atoms with Crippen molar-refractivity contribution >= 4 is 39.7 Å². The van der Waals surface area contributed by atoms with Crippen LogP contribution >= 0.6 is 11.8 Å². The standard InChI is InChI=1S/C22H25N3S/c1-16-14-22(20-15-19(26-2)10-11-21(20)23-16)24-17-6-8-18(9-7-17)25-12-4-3-5-13-25/h6-11,14-15H,3-5,12-13H2,1-2H3,(H,23,24). The fourth-order valence-corrected chi connectivity index (χ4v) is 4.07. The first kappa shape index (κ1) is 17.2. The maximum Gasteiger partial charge on any atom is 0.0726 e. The third-order valence-electron chi connectivity index (χ3n) is 5.01. The molecular weight excluding hydrogens is 338 g/mol. The van der Waals surface area contributed by atoms with Gasteiger partial charge >= 0.3 is 0 Å². The Kier molecular flexibility index (Phi) is 5.02. The van der Waals surface area contributed by atoms with Crippen LogP contribution in [-0.2, 0) is 0 Å². The second-order valence-electron chi connectivity index (χ2n) is 6.91. The Morgan fingerprint density at radius 1 is 0.962 bits per heavy atom. The number of anilines is 3. The molecule has 1 saturated heterocycles. The summed E-state index contributed by atoms with van der Waals surface area (Å²) in [4.78, 5) is 8.42. The van der Waals surface area contributed by atoms with Crippen molar-refractivity contribution < 1.29 is 0 Å². The number of benzene rings is 2. The van der Waals surface area contributed by atoms with Gasteiger partial charge in [-0.3, -0.25) is 4.98 Å². The fraction of sp³-hybridized carbons (Fsp3) is 0.318. The van der Waals surface area contributed by atoms with Gasteiger partial charge in [0.25, 0.3) is 0 Å². The van der Waals surface area contributed by atoms with Crippen LogP contribution in [0.3, 0.4) is 0 Å². The van der Waals surface area contributed by atoms with Gasteiger partial charge in [-0.1, -0.05) is 0 Å². The van der Waals surface area contributed by atoms with Gasteiger partial charge in [-0.05, 0) is 81.0 Å². The van der Waals surface area contributed by atoms with Crippen molar-refractivity contribution in [2.75, 3.05) is 29.6 Å². The minimum atomic E-state index is 1.03. The SMILES string of the molecule is CSc1ccc2nc(C)cc(Nc3ccc(N4CCCCC4)cc3)c2c1. The highest BCUT2D eigenvalue weighted by atomic mass is 32.2. The lowest BCUT2D eigenvalue weighted by Gasteiger charge is -2.28. The van der Waals surface area contributed by atoms with Crippen molar-refractivity contribution in [3.8, 4) is 0 Å². The van der Waals surface area contributed by atoms with E-state index in [1.807, 2.05) is 6.92 Å². The van der Waals surface area contributed by atoms with E-state index in [1.165, 1.54) is 48.3 Å². The molecule has 1 aliphatic heterocycles. The lowest BCUT2D eigenvalue weighted by Crippen LogP contribution is -2.29. The number of pyridine rings is 1. The quantitative estimate of drug-likeness (QED) is 0.576. The van der Waals surface area contributed by atoms with Crippen molar-refractivity contribution in [3.05, 3.63) is 54.2 Å². The third kappa shape index (κ3) is 3.65. The highest BCUT2D eigenvalue weighted by molar-refractivity contribution is 7.98. The Morgan fingerprint density at radius 3 is 2.46 bits per heavy atom. The Labute approximate surface area is 159 Å². The Hall–Kier alpha value is -2.20. The first-order valence-corrected chi connectivity index (χ1v) is 10.5. The monoisotopic (exact) mass is 363 g/mol. The van der Waals surface area contributed by atoms with Crippen LogP contribution in [0.2, 0.25) is 0 Å². The van der Waals surface area contributed by atoms with Crippen molar-refractivity contribution in [3.63, 3.8) is 0 Å². The van der Waals surface area contributed by atoms with Crippen molar-refractivity contribution in [1.82, 2.24) is 4.98 Å². The summed E-state index contributed by atoms with van der Waals surface area (Å²) in [6, 6.07) is 17.4. The minimum Gasteiger partial charge on any atom is -0.372 e. The van der Waals surface area contributed by atoms with Gasteiger partial charge in [-0.15, -0.1) is 11.8 Å². The molecule has 0 saturated carbocycles. The molecular formula is C22H25N3S. The Balaban J connectivity index is 1.62. The highest BCUT2D eigenvalue weighted by Gasteiger charge is 2.11.